The van der Waals surface area contributed by atoms with Gasteiger partial charge in [0, 0.05) is 25.5 Å². The molecule has 6 nitrogen and oxygen atoms in total. The van der Waals surface area contributed by atoms with Gasteiger partial charge in [0.15, 0.2) is 0 Å². The third kappa shape index (κ3) is 4.04. The molecule has 0 saturated carbocycles. The van der Waals surface area contributed by atoms with Crippen molar-refractivity contribution in [1.29, 1.82) is 5.26 Å². The Labute approximate surface area is 138 Å². The highest BCUT2D eigenvalue weighted by Crippen LogP contribution is 2.29. The van der Waals surface area contributed by atoms with E-state index in [2.05, 4.69) is 25.0 Å². The van der Waals surface area contributed by atoms with Gasteiger partial charge in [-0.3, -0.25) is 4.68 Å². The minimum atomic E-state index is -0.387. The highest BCUT2D eigenvalue weighted by atomic mass is 16.6. The molecule has 6 heteroatoms. The van der Waals surface area contributed by atoms with Crippen LogP contribution in [0.25, 0.3) is 0 Å². The van der Waals surface area contributed by atoms with Crippen molar-refractivity contribution < 1.29 is 9.53 Å². The molecule has 1 amide bonds. The fraction of sp³-hybridized carbons (Fsp3) is 0.706. The number of rotatable bonds is 4. The van der Waals surface area contributed by atoms with Crippen molar-refractivity contribution in [2.75, 3.05) is 19.7 Å². The summed E-state index contributed by atoms with van der Waals surface area (Å²) in [5, 5.41) is 13.5. The van der Waals surface area contributed by atoms with E-state index in [0.717, 1.165) is 6.42 Å². The average Bonchev–Trinajstić information content (AvgIpc) is 3.07. The Kier molecular flexibility index (Phi) is 5.30. The van der Waals surface area contributed by atoms with Gasteiger partial charge in [-0.2, -0.15) is 10.4 Å². The highest BCUT2D eigenvalue weighted by Gasteiger charge is 2.34. The van der Waals surface area contributed by atoms with Gasteiger partial charge < -0.3 is 9.64 Å². The number of carbonyl (C=O) groups is 1. The molecule has 0 bridgehead atoms. The van der Waals surface area contributed by atoms with Crippen LogP contribution in [0.5, 0.6) is 0 Å². The first kappa shape index (κ1) is 17.3. The van der Waals surface area contributed by atoms with Crippen LogP contribution < -0.4 is 0 Å². The molecule has 1 aliphatic rings. The SMILES string of the molecule is CC(C)C1CN(C(=O)OCC(C)(C)n2cccn2)CCC1C#N. The summed E-state index contributed by atoms with van der Waals surface area (Å²) in [6, 6.07) is 4.23. The molecule has 0 radical (unpaired) electrons. The molecule has 2 unspecified atom stereocenters. The molecule has 2 atom stereocenters. The number of likely N-dealkylation sites (tertiary alicyclic amines) is 1. The Morgan fingerprint density at radius 1 is 1.52 bits per heavy atom. The molecular weight excluding hydrogens is 292 g/mol. The van der Waals surface area contributed by atoms with Gasteiger partial charge in [0.05, 0.1) is 17.5 Å². The molecule has 126 valence electrons. The Bertz CT molecular complexity index is 560. The number of nitrogens with zero attached hydrogens (tertiary/aromatic N) is 4. The normalized spacial score (nSPS) is 22.0. The number of piperidine rings is 1. The number of hydrogen-bond acceptors (Lipinski definition) is 4. The molecule has 1 saturated heterocycles. The van der Waals surface area contributed by atoms with Crippen molar-refractivity contribution in [2.24, 2.45) is 17.8 Å². The topological polar surface area (TPSA) is 71.2 Å². The smallest absolute Gasteiger partial charge is 0.409 e. The van der Waals surface area contributed by atoms with Crippen molar-refractivity contribution >= 4 is 6.09 Å². The standard InChI is InChI=1S/C17H26N4O2/c1-13(2)15-11-20(9-6-14(15)10-18)16(22)23-12-17(3,4)21-8-5-7-19-21/h5,7-8,13-15H,6,9,11-12H2,1-4H3. The molecular formula is C17H26N4O2. The van der Waals surface area contributed by atoms with Crippen LogP contribution in [-0.4, -0.2) is 40.5 Å². The molecule has 0 spiro atoms. The third-order valence-corrected chi connectivity index (χ3v) is 4.61. The summed E-state index contributed by atoms with van der Waals surface area (Å²) in [6.45, 7) is 9.60. The number of amides is 1. The first-order valence-electron chi connectivity index (χ1n) is 8.16. The fourth-order valence-electron chi connectivity index (χ4n) is 3.01. The van der Waals surface area contributed by atoms with E-state index in [1.54, 1.807) is 15.8 Å². The van der Waals surface area contributed by atoms with Crippen LogP contribution in [-0.2, 0) is 10.3 Å². The van der Waals surface area contributed by atoms with Crippen molar-refractivity contribution in [3.8, 4) is 6.07 Å². The minimum absolute atomic E-state index is 0.0274. The number of aromatic nitrogens is 2. The lowest BCUT2D eigenvalue weighted by atomic mass is 9.79. The molecule has 0 N–H and O–H groups in total. The van der Waals surface area contributed by atoms with Gasteiger partial charge in [-0.1, -0.05) is 13.8 Å². The predicted octanol–water partition coefficient (Wildman–Crippen LogP) is 2.87. The Morgan fingerprint density at radius 3 is 2.83 bits per heavy atom. The van der Waals surface area contributed by atoms with Crippen LogP contribution in [0.2, 0.25) is 0 Å². The zero-order valence-corrected chi connectivity index (χ0v) is 14.4. The van der Waals surface area contributed by atoms with Gasteiger partial charge in [-0.15, -0.1) is 0 Å². The van der Waals surface area contributed by atoms with Gasteiger partial charge in [-0.05, 0) is 38.2 Å². The van der Waals surface area contributed by atoms with E-state index in [-0.39, 0.29) is 30.1 Å². The van der Waals surface area contributed by atoms with E-state index < -0.39 is 0 Å². The summed E-state index contributed by atoms with van der Waals surface area (Å²) in [5.41, 5.74) is -0.387. The number of carbonyl (C=O) groups excluding carboxylic acids is 1. The van der Waals surface area contributed by atoms with E-state index in [1.165, 1.54) is 0 Å². The summed E-state index contributed by atoms with van der Waals surface area (Å²) < 4.78 is 7.30. The molecule has 0 aliphatic carbocycles. The molecule has 0 aromatic carbocycles. The van der Waals surface area contributed by atoms with Crippen LogP contribution in [0, 0.1) is 29.1 Å². The summed E-state index contributed by atoms with van der Waals surface area (Å²) in [6.07, 6.45) is 3.99. The Morgan fingerprint density at radius 2 is 2.26 bits per heavy atom. The second kappa shape index (κ2) is 7.03. The zero-order valence-electron chi connectivity index (χ0n) is 14.4. The molecule has 2 rings (SSSR count). The van der Waals surface area contributed by atoms with Gasteiger partial charge in [0.1, 0.15) is 6.61 Å². The maximum atomic E-state index is 12.4. The zero-order chi connectivity index (χ0) is 17.0. The molecule has 1 aromatic heterocycles. The van der Waals surface area contributed by atoms with E-state index in [9.17, 15) is 10.1 Å². The average molecular weight is 318 g/mol. The monoisotopic (exact) mass is 318 g/mol. The second-order valence-electron chi connectivity index (χ2n) is 7.20. The van der Waals surface area contributed by atoms with E-state index >= 15 is 0 Å². The largest absolute Gasteiger partial charge is 0.447 e. The molecule has 2 heterocycles. The summed E-state index contributed by atoms with van der Waals surface area (Å²) in [4.78, 5) is 14.1. The van der Waals surface area contributed by atoms with Crippen molar-refractivity contribution in [2.45, 2.75) is 39.7 Å². The van der Waals surface area contributed by atoms with Gasteiger partial charge in [0.2, 0.25) is 0 Å². The lowest BCUT2D eigenvalue weighted by Gasteiger charge is -2.37. The maximum Gasteiger partial charge on any atom is 0.409 e. The summed E-state index contributed by atoms with van der Waals surface area (Å²) in [5.74, 6) is 0.607. The Balaban J connectivity index is 1.92. The van der Waals surface area contributed by atoms with Crippen LogP contribution >= 0.6 is 0 Å². The first-order chi connectivity index (χ1) is 10.8. The molecule has 1 fully saturated rings. The first-order valence-corrected chi connectivity index (χ1v) is 8.16. The number of nitriles is 1. The van der Waals surface area contributed by atoms with Crippen LogP contribution in [0.1, 0.15) is 34.1 Å². The fourth-order valence-corrected chi connectivity index (χ4v) is 3.01. The predicted molar refractivity (Wildman–Crippen MR) is 86.5 cm³/mol. The molecule has 23 heavy (non-hydrogen) atoms. The lowest BCUT2D eigenvalue weighted by Crippen LogP contribution is -2.46. The quantitative estimate of drug-likeness (QED) is 0.856. The lowest BCUT2D eigenvalue weighted by molar-refractivity contribution is 0.0439. The second-order valence-corrected chi connectivity index (χ2v) is 7.20. The Hall–Kier alpha value is -2.03. The van der Waals surface area contributed by atoms with Gasteiger partial charge in [0.25, 0.3) is 0 Å². The van der Waals surface area contributed by atoms with Crippen molar-refractivity contribution in [3.63, 3.8) is 0 Å². The number of hydrogen-bond donors (Lipinski definition) is 0. The van der Waals surface area contributed by atoms with Gasteiger partial charge >= 0.3 is 6.09 Å². The van der Waals surface area contributed by atoms with Crippen LogP contribution in [0.3, 0.4) is 0 Å². The van der Waals surface area contributed by atoms with Gasteiger partial charge in [-0.25, -0.2) is 4.79 Å². The highest BCUT2D eigenvalue weighted by molar-refractivity contribution is 5.67. The van der Waals surface area contributed by atoms with Crippen LogP contribution in [0.15, 0.2) is 18.5 Å². The minimum Gasteiger partial charge on any atom is -0.447 e. The number of ether oxygens (including phenoxy) is 1. The summed E-state index contributed by atoms with van der Waals surface area (Å²) >= 11 is 0. The maximum absolute atomic E-state index is 12.4. The third-order valence-electron chi connectivity index (χ3n) is 4.61. The van der Waals surface area contributed by atoms with Crippen LogP contribution in [0.4, 0.5) is 4.79 Å². The van der Waals surface area contributed by atoms with Crippen molar-refractivity contribution in [3.05, 3.63) is 18.5 Å². The van der Waals surface area contributed by atoms with E-state index in [1.807, 2.05) is 26.1 Å². The molecule has 1 aromatic rings. The summed E-state index contributed by atoms with van der Waals surface area (Å²) in [7, 11) is 0. The van der Waals surface area contributed by atoms with Crippen molar-refractivity contribution in [1.82, 2.24) is 14.7 Å². The molecule has 1 aliphatic heterocycles. The van der Waals surface area contributed by atoms with E-state index in [0.29, 0.717) is 19.0 Å². The van der Waals surface area contributed by atoms with E-state index in [4.69, 9.17) is 4.74 Å².